The first-order valence-corrected chi connectivity index (χ1v) is 7.24. The van der Waals surface area contributed by atoms with E-state index < -0.39 is 0 Å². The Labute approximate surface area is 105 Å². The monoisotopic (exact) mass is 238 g/mol. The lowest BCUT2D eigenvalue weighted by Crippen LogP contribution is -2.59. The summed E-state index contributed by atoms with van der Waals surface area (Å²) < 4.78 is 0. The summed E-state index contributed by atoms with van der Waals surface area (Å²) in [5.41, 5.74) is 0.137. The Balaban J connectivity index is 1.86. The van der Waals surface area contributed by atoms with Gasteiger partial charge in [0, 0.05) is 5.54 Å². The third-order valence-electron chi connectivity index (χ3n) is 4.78. The number of hydrogen-bond donors (Lipinski definition) is 2. The van der Waals surface area contributed by atoms with Crippen molar-refractivity contribution in [3.63, 3.8) is 0 Å². The summed E-state index contributed by atoms with van der Waals surface area (Å²) in [5.74, 6) is 0.968. The largest absolute Gasteiger partial charge is 0.349 e. The maximum atomic E-state index is 12.3. The molecule has 2 atom stereocenters. The third-order valence-corrected chi connectivity index (χ3v) is 4.78. The van der Waals surface area contributed by atoms with Crippen LogP contribution in [0.4, 0.5) is 0 Å². The van der Waals surface area contributed by atoms with Crippen LogP contribution in [0.15, 0.2) is 0 Å². The molecule has 2 aliphatic rings. The Morgan fingerprint density at radius 3 is 2.71 bits per heavy atom. The Morgan fingerprint density at radius 1 is 1.41 bits per heavy atom. The van der Waals surface area contributed by atoms with Crippen molar-refractivity contribution in [3.8, 4) is 0 Å². The van der Waals surface area contributed by atoms with Crippen LogP contribution < -0.4 is 10.6 Å². The minimum Gasteiger partial charge on any atom is -0.349 e. The molecule has 2 unspecified atom stereocenters. The topological polar surface area (TPSA) is 41.1 Å². The third kappa shape index (κ3) is 2.82. The lowest BCUT2D eigenvalue weighted by atomic mass is 9.74. The highest BCUT2D eigenvalue weighted by Gasteiger charge is 2.38. The Hall–Kier alpha value is -0.570. The van der Waals surface area contributed by atoms with E-state index in [-0.39, 0.29) is 17.5 Å². The highest BCUT2D eigenvalue weighted by atomic mass is 16.2. The van der Waals surface area contributed by atoms with E-state index in [0.29, 0.717) is 0 Å². The Morgan fingerprint density at radius 2 is 2.18 bits per heavy atom. The summed E-state index contributed by atoms with van der Waals surface area (Å²) in [4.78, 5) is 12.3. The molecule has 0 radical (unpaired) electrons. The predicted octanol–water partition coefficient (Wildman–Crippen LogP) is 2.21. The van der Waals surface area contributed by atoms with Crippen molar-refractivity contribution < 1.29 is 4.79 Å². The van der Waals surface area contributed by atoms with Crippen LogP contribution in [0.5, 0.6) is 0 Å². The molecule has 2 N–H and O–H groups in total. The van der Waals surface area contributed by atoms with E-state index in [2.05, 4.69) is 24.5 Å². The second-order valence-corrected chi connectivity index (χ2v) is 5.78. The average molecular weight is 238 g/mol. The van der Waals surface area contributed by atoms with Crippen LogP contribution >= 0.6 is 0 Å². The van der Waals surface area contributed by atoms with Crippen LogP contribution in [0, 0.1) is 5.92 Å². The number of rotatable bonds is 4. The van der Waals surface area contributed by atoms with Crippen LogP contribution in [0.1, 0.15) is 58.8 Å². The molecule has 1 amide bonds. The first-order chi connectivity index (χ1) is 8.19. The van der Waals surface area contributed by atoms with Gasteiger partial charge in [-0.25, -0.2) is 0 Å². The van der Waals surface area contributed by atoms with Gasteiger partial charge >= 0.3 is 0 Å². The number of carbonyl (C=O) groups is 1. The molecule has 1 heterocycles. The number of nitrogens with one attached hydrogen (secondary N) is 2. The molecule has 2 rings (SSSR count). The quantitative estimate of drug-likeness (QED) is 0.788. The van der Waals surface area contributed by atoms with Crippen LogP contribution in [0.2, 0.25) is 0 Å². The minimum absolute atomic E-state index is 0.0534. The van der Waals surface area contributed by atoms with E-state index in [9.17, 15) is 4.79 Å². The lowest BCUT2D eigenvalue weighted by Gasteiger charge is -2.43. The van der Waals surface area contributed by atoms with Gasteiger partial charge in [0.25, 0.3) is 0 Å². The summed E-state index contributed by atoms with van der Waals surface area (Å²) in [6.07, 6.45) is 8.11. The van der Waals surface area contributed by atoms with Crippen molar-refractivity contribution in [1.82, 2.24) is 10.6 Å². The molecule has 17 heavy (non-hydrogen) atoms. The molecule has 0 spiro atoms. The zero-order valence-corrected chi connectivity index (χ0v) is 11.2. The number of carbonyl (C=O) groups excluding carboxylic acids is 1. The summed E-state index contributed by atoms with van der Waals surface area (Å²) in [6.45, 7) is 5.41. The van der Waals surface area contributed by atoms with E-state index in [1.807, 2.05) is 0 Å². The second-order valence-electron chi connectivity index (χ2n) is 5.78. The van der Waals surface area contributed by atoms with E-state index >= 15 is 0 Å². The van der Waals surface area contributed by atoms with Crippen molar-refractivity contribution in [2.45, 2.75) is 70.4 Å². The van der Waals surface area contributed by atoms with Crippen LogP contribution in [-0.2, 0) is 4.79 Å². The molecule has 3 nitrogen and oxygen atoms in total. The van der Waals surface area contributed by atoms with Crippen molar-refractivity contribution in [3.05, 3.63) is 0 Å². The van der Waals surface area contributed by atoms with Gasteiger partial charge in [0.1, 0.15) is 0 Å². The molecule has 0 aromatic carbocycles. The van der Waals surface area contributed by atoms with Crippen molar-refractivity contribution in [1.29, 1.82) is 0 Å². The van der Waals surface area contributed by atoms with Gasteiger partial charge in [0.2, 0.25) is 5.91 Å². The summed E-state index contributed by atoms with van der Waals surface area (Å²) in [5, 5.41) is 6.66. The van der Waals surface area contributed by atoms with Crippen LogP contribution in [-0.4, -0.2) is 24.0 Å². The fourth-order valence-corrected chi connectivity index (χ4v) is 3.09. The summed E-state index contributed by atoms with van der Waals surface area (Å²) in [7, 11) is 0. The average Bonchev–Trinajstić information content (AvgIpc) is 2.33. The molecule has 0 aromatic heterocycles. The number of piperidine rings is 1. The molecular formula is C14H26N2O. The highest BCUT2D eigenvalue weighted by molar-refractivity contribution is 5.82. The molecular weight excluding hydrogens is 212 g/mol. The number of amides is 1. The predicted molar refractivity (Wildman–Crippen MR) is 69.8 cm³/mol. The van der Waals surface area contributed by atoms with Gasteiger partial charge in [0.15, 0.2) is 0 Å². The summed E-state index contributed by atoms with van der Waals surface area (Å²) in [6, 6.07) is 0.0534. The Bertz CT molecular complexity index is 268. The lowest BCUT2D eigenvalue weighted by molar-refractivity contribution is -0.127. The van der Waals surface area contributed by atoms with Crippen molar-refractivity contribution in [2.75, 3.05) is 6.54 Å². The molecule has 0 aromatic rings. The van der Waals surface area contributed by atoms with Gasteiger partial charge in [0.05, 0.1) is 6.04 Å². The minimum atomic E-state index is 0.0534. The zero-order chi connectivity index (χ0) is 12.3. The van der Waals surface area contributed by atoms with E-state index in [1.54, 1.807) is 0 Å². The van der Waals surface area contributed by atoms with Crippen LogP contribution in [0.25, 0.3) is 0 Å². The number of hydrogen-bond acceptors (Lipinski definition) is 2. The van der Waals surface area contributed by atoms with Gasteiger partial charge in [-0.05, 0) is 51.0 Å². The molecule has 1 aliphatic carbocycles. The van der Waals surface area contributed by atoms with E-state index in [4.69, 9.17) is 0 Å². The van der Waals surface area contributed by atoms with Gasteiger partial charge in [-0.3, -0.25) is 4.79 Å². The van der Waals surface area contributed by atoms with Gasteiger partial charge in [-0.1, -0.05) is 20.3 Å². The maximum Gasteiger partial charge on any atom is 0.237 e. The van der Waals surface area contributed by atoms with Gasteiger partial charge < -0.3 is 10.6 Å². The van der Waals surface area contributed by atoms with Crippen molar-refractivity contribution in [2.24, 2.45) is 5.92 Å². The Kier molecular flexibility index (Phi) is 4.08. The molecule has 1 saturated carbocycles. The molecule has 2 fully saturated rings. The standard InChI is InChI=1S/C14H26N2O/c1-3-11-6-9-15-12(10-11)13(17)16-14(4-2)7-5-8-14/h11-12,15H,3-10H2,1-2H3,(H,16,17). The summed E-state index contributed by atoms with van der Waals surface area (Å²) >= 11 is 0. The fraction of sp³-hybridized carbons (Fsp3) is 0.929. The van der Waals surface area contributed by atoms with E-state index in [1.165, 1.54) is 32.1 Å². The SMILES string of the molecule is CCC1CCNC(C(=O)NC2(CC)CCC2)C1. The van der Waals surface area contributed by atoms with Crippen molar-refractivity contribution >= 4 is 5.91 Å². The second kappa shape index (κ2) is 5.38. The molecule has 98 valence electrons. The van der Waals surface area contributed by atoms with E-state index in [0.717, 1.165) is 25.3 Å². The highest BCUT2D eigenvalue weighted by Crippen LogP contribution is 2.34. The first-order valence-electron chi connectivity index (χ1n) is 7.24. The van der Waals surface area contributed by atoms with Gasteiger partial charge in [-0.2, -0.15) is 0 Å². The maximum absolute atomic E-state index is 12.3. The van der Waals surface area contributed by atoms with Gasteiger partial charge in [-0.15, -0.1) is 0 Å². The van der Waals surface area contributed by atoms with Crippen LogP contribution in [0.3, 0.4) is 0 Å². The fourth-order valence-electron chi connectivity index (χ4n) is 3.09. The molecule has 1 saturated heterocycles. The molecule has 1 aliphatic heterocycles. The molecule has 0 bridgehead atoms. The molecule has 3 heteroatoms. The smallest absolute Gasteiger partial charge is 0.237 e. The normalized spacial score (nSPS) is 31.6. The first kappa shape index (κ1) is 12.9. The zero-order valence-electron chi connectivity index (χ0n) is 11.2.